The molecule has 2 rings (SSSR count). The average molecular weight is 268 g/mol. The Morgan fingerprint density at radius 2 is 2.29 bits per heavy atom. The summed E-state index contributed by atoms with van der Waals surface area (Å²) in [6, 6.07) is 7.15. The zero-order valence-electron chi connectivity index (χ0n) is 8.81. The van der Waals surface area contributed by atoms with E-state index in [1.54, 1.807) is 18.3 Å². The molecule has 0 aliphatic carbocycles. The summed E-state index contributed by atoms with van der Waals surface area (Å²) in [5, 5.41) is 7.31. The van der Waals surface area contributed by atoms with Crippen molar-refractivity contribution < 1.29 is 4.52 Å². The lowest BCUT2D eigenvalue weighted by Crippen LogP contribution is -2.09. The van der Waals surface area contributed by atoms with Crippen LogP contribution in [0.4, 0.5) is 5.69 Å². The van der Waals surface area contributed by atoms with E-state index < -0.39 is 0 Å². The van der Waals surface area contributed by atoms with Crippen LogP contribution in [0, 0.1) is 0 Å². The smallest absolute Gasteiger partial charge is 0.155 e. The molecule has 4 nitrogen and oxygen atoms in total. The Bertz CT molecular complexity index is 528. The molecule has 0 spiro atoms. The highest BCUT2D eigenvalue weighted by atomic mass is 35.5. The number of nitrogens with zero attached hydrogens (tertiary/aromatic N) is 1. The van der Waals surface area contributed by atoms with Gasteiger partial charge in [0.05, 0.1) is 23.5 Å². The predicted octanol–water partition coefficient (Wildman–Crippen LogP) is 2.57. The number of thiocarbonyl (C=S) groups is 1. The molecule has 6 heteroatoms. The molecule has 0 saturated carbocycles. The van der Waals surface area contributed by atoms with Gasteiger partial charge < -0.3 is 15.6 Å². The van der Waals surface area contributed by atoms with Crippen molar-refractivity contribution in [2.75, 3.05) is 5.32 Å². The fourth-order valence-electron chi connectivity index (χ4n) is 1.33. The van der Waals surface area contributed by atoms with E-state index in [-0.39, 0.29) is 0 Å². The molecule has 3 N–H and O–H groups in total. The number of aromatic nitrogens is 1. The van der Waals surface area contributed by atoms with E-state index in [2.05, 4.69) is 10.5 Å². The summed E-state index contributed by atoms with van der Waals surface area (Å²) in [6.45, 7) is 0.520. The topological polar surface area (TPSA) is 64.1 Å². The number of anilines is 1. The van der Waals surface area contributed by atoms with E-state index in [1.807, 2.05) is 12.1 Å². The first kappa shape index (κ1) is 11.9. The quantitative estimate of drug-likeness (QED) is 0.834. The van der Waals surface area contributed by atoms with Crippen LogP contribution in [0.15, 0.2) is 35.0 Å². The molecule has 17 heavy (non-hydrogen) atoms. The van der Waals surface area contributed by atoms with Crippen molar-refractivity contribution in [1.82, 2.24) is 5.16 Å². The van der Waals surface area contributed by atoms with Crippen LogP contribution in [-0.2, 0) is 6.54 Å². The van der Waals surface area contributed by atoms with Gasteiger partial charge in [0.2, 0.25) is 0 Å². The van der Waals surface area contributed by atoms with Gasteiger partial charge in [0.1, 0.15) is 4.99 Å². The number of rotatable bonds is 4. The molecular weight excluding hydrogens is 258 g/mol. The van der Waals surface area contributed by atoms with Crippen LogP contribution in [0.3, 0.4) is 0 Å². The molecular formula is C11H10ClN3OS. The van der Waals surface area contributed by atoms with Crippen molar-refractivity contribution in [3.05, 3.63) is 46.8 Å². The van der Waals surface area contributed by atoms with E-state index >= 15 is 0 Å². The number of benzene rings is 1. The molecule has 0 saturated heterocycles. The van der Waals surface area contributed by atoms with Crippen LogP contribution in [0.2, 0.25) is 5.02 Å². The summed E-state index contributed by atoms with van der Waals surface area (Å²) in [5.74, 6) is 0.736. The second-order valence-electron chi connectivity index (χ2n) is 3.39. The van der Waals surface area contributed by atoms with Crippen molar-refractivity contribution >= 4 is 34.5 Å². The van der Waals surface area contributed by atoms with Gasteiger partial charge in [0.25, 0.3) is 0 Å². The number of hydrogen-bond acceptors (Lipinski definition) is 4. The van der Waals surface area contributed by atoms with Gasteiger partial charge in [-0.25, -0.2) is 0 Å². The maximum atomic E-state index is 6.09. The maximum absolute atomic E-state index is 6.09. The summed E-state index contributed by atoms with van der Waals surface area (Å²) in [7, 11) is 0. The molecule has 2 aromatic rings. The first-order valence-corrected chi connectivity index (χ1v) is 5.68. The van der Waals surface area contributed by atoms with Crippen molar-refractivity contribution in [3.63, 3.8) is 0 Å². The molecule has 0 aliphatic heterocycles. The third-order valence-corrected chi connectivity index (χ3v) is 2.75. The Morgan fingerprint density at radius 1 is 1.47 bits per heavy atom. The van der Waals surface area contributed by atoms with Gasteiger partial charge in [-0.1, -0.05) is 29.0 Å². The van der Waals surface area contributed by atoms with E-state index in [9.17, 15) is 0 Å². The molecule has 0 aliphatic rings. The fourth-order valence-corrected chi connectivity index (χ4v) is 1.70. The predicted molar refractivity (Wildman–Crippen MR) is 71.2 cm³/mol. The zero-order chi connectivity index (χ0) is 12.3. The Kier molecular flexibility index (Phi) is 3.61. The minimum Gasteiger partial charge on any atom is -0.389 e. The van der Waals surface area contributed by atoms with Gasteiger partial charge >= 0.3 is 0 Å². The van der Waals surface area contributed by atoms with Gasteiger partial charge in [0, 0.05) is 11.6 Å². The lowest BCUT2D eigenvalue weighted by molar-refractivity contribution is 0.388. The Labute approximate surface area is 109 Å². The Morgan fingerprint density at radius 3 is 2.88 bits per heavy atom. The summed E-state index contributed by atoms with van der Waals surface area (Å²) < 4.78 is 4.96. The van der Waals surface area contributed by atoms with Crippen LogP contribution in [0.25, 0.3) is 0 Å². The Hall–Kier alpha value is -1.59. The molecule has 0 fully saturated rings. The highest BCUT2D eigenvalue weighted by molar-refractivity contribution is 7.80. The molecule has 1 aromatic heterocycles. The normalized spacial score (nSPS) is 10.2. The molecule has 0 amide bonds. The summed E-state index contributed by atoms with van der Waals surface area (Å²) in [5.41, 5.74) is 7.05. The maximum Gasteiger partial charge on any atom is 0.155 e. The van der Waals surface area contributed by atoms with Crippen molar-refractivity contribution in [2.45, 2.75) is 6.54 Å². The second kappa shape index (κ2) is 5.16. The van der Waals surface area contributed by atoms with Crippen LogP contribution in [-0.4, -0.2) is 10.1 Å². The third-order valence-electron chi connectivity index (χ3n) is 2.20. The third kappa shape index (κ3) is 2.95. The minimum atomic E-state index is 0.327. The molecule has 0 unspecified atom stereocenters. The van der Waals surface area contributed by atoms with Crippen LogP contribution in [0.5, 0.6) is 0 Å². The number of nitrogens with one attached hydrogen (secondary N) is 1. The van der Waals surface area contributed by atoms with Gasteiger partial charge in [0.15, 0.2) is 5.76 Å². The van der Waals surface area contributed by atoms with Crippen LogP contribution < -0.4 is 11.1 Å². The molecule has 0 bridgehead atoms. The SMILES string of the molecule is NC(=S)c1ccc(NCc2ccno2)c(Cl)c1. The molecule has 1 heterocycles. The highest BCUT2D eigenvalue weighted by Gasteiger charge is 2.04. The van der Waals surface area contributed by atoms with Crippen molar-refractivity contribution in [2.24, 2.45) is 5.73 Å². The summed E-state index contributed by atoms with van der Waals surface area (Å²) in [4.78, 5) is 0.327. The molecule has 1 aromatic carbocycles. The zero-order valence-corrected chi connectivity index (χ0v) is 10.4. The number of halogens is 1. The van der Waals surface area contributed by atoms with Crippen molar-refractivity contribution in [1.29, 1.82) is 0 Å². The fraction of sp³-hybridized carbons (Fsp3) is 0.0909. The average Bonchev–Trinajstić information content (AvgIpc) is 2.80. The lowest BCUT2D eigenvalue weighted by atomic mass is 10.2. The first-order chi connectivity index (χ1) is 8.16. The van der Waals surface area contributed by atoms with E-state index in [0.29, 0.717) is 16.6 Å². The number of hydrogen-bond donors (Lipinski definition) is 2. The van der Waals surface area contributed by atoms with Gasteiger partial charge in [-0.2, -0.15) is 0 Å². The van der Waals surface area contributed by atoms with E-state index in [1.165, 1.54) is 0 Å². The van der Waals surface area contributed by atoms with E-state index in [0.717, 1.165) is 17.0 Å². The largest absolute Gasteiger partial charge is 0.389 e. The van der Waals surface area contributed by atoms with Crippen molar-refractivity contribution in [3.8, 4) is 0 Å². The highest BCUT2D eigenvalue weighted by Crippen LogP contribution is 2.23. The standard InChI is InChI=1S/C11H10ClN3OS/c12-9-5-7(11(13)17)1-2-10(9)14-6-8-3-4-15-16-8/h1-5,14H,6H2,(H2,13,17). The lowest BCUT2D eigenvalue weighted by Gasteiger charge is -2.07. The number of nitrogens with two attached hydrogens (primary N) is 1. The van der Waals surface area contributed by atoms with E-state index in [4.69, 9.17) is 34.1 Å². The van der Waals surface area contributed by atoms with Gasteiger partial charge in [-0.05, 0) is 18.2 Å². The molecule has 0 radical (unpaired) electrons. The minimum absolute atomic E-state index is 0.327. The van der Waals surface area contributed by atoms with Crippen LogP contribution in [0.1, 0.15) is 11.3 Å². The second-order valence-corrected chi connectivity index (χ2v) is 4.24. The summed E-state index contributed by atoms with van der Waals surface area (Å²) >= 11 is 11.0. The van der Waals surface area contributed by atoms with Gasteiger partial charge in [-0.3, -0.25) is 0 Å². The van der Waals surface area contributed by atoms with Crippen LogP contribution >= 0.6 is 23.8 Å². The molecule has 0 atom stereocenters. The summed E-state index contributed by atoms with van der Waals surface area (Å²) in [6.07, 6.45) is 1.59. The van der Waals surface area contributed by atoms with Gasteiger partial charge in [-0.15, -0.1) is 0 Å². The first-order valence-electron chi connectivity index (χ1n) is 4.89. The molecule has 88 valence electrons. The monoisotopic (exact) mass is 267 g/mol. The Balaban J connectivity index is 2.09.